The lowest BCUT2D eigenvalue weighted by Crippen LogP contribution is -2.36. The molecule has 0 fully saturated rings. The van der Waals surface area contributed by atoms with E-state index in [1.165, 1.54) is 10.4 Å². The van der Waals surface area contributed by atoms with E-state index in [1.54, 1.807) is 18.4 Å². The third-order valence-electron chi connectivity index (χ3n) is 5.39. The number of benzene rings is 1. The fraction of sp³-hybridized carbons (Fsp3) is 0.455. The van der Waals surface area contributed by atoms with Gasteiger partial charge in [-0.2, -0.15) is 0 Å². The minimum atomic E-state index is -0.504. The van der Waals surface area contributed by atoms with Crippen molar-refractivity contribution in [3.8, 4) is 0 Å². The summed E-state index contributed by atoms with van der Waals surface area (Å²) in [5, 5.41) is 11.4. The number of rotatable bonds is 9. The largest absolute Gasteiger partial charge is 0.391 e. The van der Waals surface area contributed by atoms with E-state index in [2.05, 4.69) is 9.88 Å². The molecule has 7 heteroatoms. The van der Waals surface area contributed by atoms with E-state index >= 15 is 0 Å². The van der Waals surface area contributed by atoms with Gasteiger partial charge >= 0.3 is 0 Å². The molecule has 0 amide bonds. The molecule has 0 saturated heterocycles. The van der Waals surface area contributed by atoms with Crippen LogP contribution in [0.2, 0.25) is 0 Å². The molecule has 0 unspecified atom stereocenters. The molecule has 3 aromatic rings. The van der Waals surface area contributed by atoms with Gasteiger partial charge in [-0.3, -0.25) is 9.69 Å². The van der Waals surface area contributed by atoms with Crippen LogP contribution in [0.5, 0.6) is 0 Å². The minimum Gasteiger partial charge on any atom is -0.391 e. The van der Waals surface area contributed by atoms with Crippen LogP contribution in [0.15, 0.2) is 35.1 Å². The predicted molar refractivity (Wildman–Crippen MR) is 116 cm³/mol. The molecule has 154 valence electrons. The molecule has 0 radical (unpaired) electrons. The van der Waals surface area contributed by atoms with Gasteiger partial charge < -0.3 is 14.8 Å². The van der Waals surface area contributed by atoms with Gasteiger partial charge in [-0.1, -0.05) is 30.3 Å². The van der Waals surface area contributed by atoms with Crippen LogP contribution in [0, 0.1) is 0 Å². The third-order valence-corrected chi connectivity index (χ3v) is 6.58. The molecule has 0 bridgehead atoms. The number of H-pyrrole nitrogens is 1. The first-order valence-corrected chi connectivity index (χ1v) is 10.9. The van der Waals surface area contributed by atoms with Crippen molar-refractivity contribution in [1.29, 1.82) is 0 Å². The molecule has 0 spiro atoms. The van der Waals surface area contributed by atoms with Crippen molar-refractivity contribution >= 4 is 21.6 Å². The number of nitrogens with one attached hydrogen (secondary N) is 1. The van der Waals surface area contributed by atoms with Gasteiger partial charge in [0, 0.05) is 25.1 Å². The first kappa shape index (κ1) is 20.2. The lowest BCUT2D eigenvalue weighted by atomic mass is 10.1. The Morgan fingerprint density at radius 3 is 2.93 bits per heavy atom. The van der Waals surface area contributed by atoms with Crippen LogP contribution < -0.4 is 5.56 Å². The Kier molecular flexibility index (Phi) is 6.40. The van der Waals surface area contributed by atoms with Crippen molar-refractivity contribution in [2.75, 3.05) is 26.8 Å². The number of ether oxygens (including phenoxy) is 1. The van der Waals surface area contributed by atoms with Crippen LogP contribution >= 0.6 is 11.3 Å². The van der Waals surface area contributed by atoms with Gasteiger partial charge in [0.15, 0.2) is 0 Å². The highest BCUT2D eigenvalue weighted by Gasteiger charge is 2.22. The summed E-state index contributed by atoms with van der Waals surface area (Å²) >= 11 is 1.65. The summed E-state index contributed by atoms with van der Waals surface area (Å²) < 4.78 is 5.23. The Morgan fingerprint density at radius 2 is 2.14 bits per heavy atom. The molecule has 2 aromatic heterocycles. The van der Waals surface area contributed by atoms with Crippen LogP contribution in [0.1, 0.15) is 28.2 Å². The quantitative estimate of drug-likeness (QED) is 0.564. The smallest absolute Gasteiger partial charge is 0.259 e. The maximum absolute atomic E-state index is 12.7. The van der Waals surface area contributed by atoms with Crippen molar-refractivity contribution in [1.82, 2.24) is 14.9 Å². The number of nitrogens with zero attached hydrogens (tertiary/aromatic N) is 2. The average Bonchev–Trinajstić information content (AvgIpc) is 3.27. The first-order chi connectivity index (χ1) is 14.1. The van der Waals surface area contributed by atoms with E-state index in [-0.39, 0.29) is 5.56 Å². The van der Waals surface area contributed by atoms with E-state index in [1.807, 2.05) is 30.3 Å². The second kappa shape index (κ2) is 9.17. The number of aromatic amines is 1. The van der Waals surface area contributed by atoms with E-state index < -0.39 is 6.10 Å². The standard InChI is InChI=1S/C22H27N3O3S/c1-28-11-10-25(13-16(26)12-15-6-3-2-4-7-15)14-19-23-21(27)20-17-8-5-9-18(17)29-22(20)24-19/h2-4,6-7,16,26H,5,8-14H2,1H3,(H,23,24,27)/t16-/m0/s1. The summed E-state index contributed by atoms with van der Waals surface area (Å²) in [5.41, 5.74) is 2.26. The molecule has 0 saturated carbocycles. The predicted octanol–water partition coefficient (Wildman–Crippen LogP) is 2.53. The van der Waals surface area contributed by atoms with E-state index in [4.69, 9.17) is 9.72 Å². The zero-order chi connectivity index (χ0) is 20.2. The molecule has 4 rings (SSSR count). The number of thiophene rings is 1. The average molecular weight is 414 g/mol. The molecule has 29 heavy (non-hydrogen) atoms. The van der Waals surface area contributed by atoms with Crippen LogP contribution in [0.4, 0.5) is 0 Å². The van der Waals surface area contributed by atoms with Gasteiger partial charge in [-0.15, -0.1) is 11.3 Å². The molecule has 2 heterocycles. The number of aliphatic hydroxyl groups excluding tert-OH is 1. The molecular weight excluding hydrogens is 386 g/mol. The van der Waals surface area contributed by atoms with Gasteiger partial charge in [-0.05, 0) is 36.8 Å². The summed E-state index contributed by atoms with van der Waals surface area (Å²) in [6.45, 7) is 2.17. The van der Waals surface area contributed by atoms with Crippen LogP contribution in [-0.2, 0) is 30.5 Å². The highest BCUT2D eigenvalue weighted by molar-refractivity contribution is 7.18. The second-order valence-electron chi connectivity index (χ2n) is 7.62. The number of hydrogen-bond donors (Lipinski definition) is 2. The summed E-state index contributed by atoms with van der Waals surface area (Å²) in [4.78, 5) is 24.6. The number of fused-ring (bicyclic) bond motifs is 3. The van der Waals surface area contributed by atoms with Crippen LogP contribution in [0.3, 0.4) is 0 Å². The van der Waals surface area contributed by atoms with Gasteiger partial charge in [-0.25, -0.2) is 4.98 Å². The minimum absolute atomic E-state index is 0.0408. The lowest BCUT2D eigenvalue weighted by Gasteiger charge is -2.24. The SMILES string of the molecule is COCCN(Cc1nc2sc3c(c2c(=O)[nH]1)CCC3)C[C@@H](O)Cc1ccccc1. The first-order valence-electron chi connectivity index (χ1n) is 10.1. The van der Waals surface area contributed by atoms with E-state index in [9.17, 15) is 9.90 Å². The Hall–Kier alpha value is -2.06. The Balaban J connectivity index is 1.49. The van der Waals surface area contributed by atoms with Gasteiger partial charge in [0.1, 0.15) is 10.7 Å². The molecule has 1 aliphatic rings. The number of aliphatic hydroxyl groups is 1. The summed E-state index contributed by atoms with van der Waals surface area (Å²) in [7, 11) is 1.66. The fourth-order valence-corrected chi connectivity index (χ4v) is 5.32. The Bertz CT molecular complexity index is 1020. The lowest BCUT2D eigenvalue weighted by molar-refractivity contribution is 0.0837. The summed E-state index contributed by atoms with van der Waals surface area (Å²) in [6.07, 6.45) is 3.24. The molecular formula is C22H27N3O3S. The van der Waals surface area contributed by atoms with Crippen LogP contribution in [-0.4, -0.2) is 52.9 Å². The van der Waals surface area contributed by atoms with Crippen molar-refractivity contribution in [3.05, 3.63) is 62.5 Å². The number of methoxy groups -OCH3 is 1. The monoisotopic (exact) mass is 413 g/mol. The van der Waals surface area contributed by atoms with Crippen molar-refractivity contribution in [3.63, 3.8) is 0 Å². The number of aromatic nitrogens is 2. The van der Waals surface area contributed by atoms with Gasteiger partial charge in [0.2, 0.25) is 0 Å². The normalized spacial score (nSPS) is 14.6. The third kappa shape index (κ3) is 4.75. The second-order valence-corrected chi connectivity index (χ2v) is 8.71. The topological polar surface area (TPSA) is 78.5 Å². The fourth-order valence-electron chi connectivity index (χ4n) is 4.04. The zero-order valence-corrected chi connectivity index (χ0v) is 17.5. The molecule has 2 N–H and O–H groups in total. The summed E-state index contributed by atoms with van der Waals surface area (Å²) in [6, 6.07) is 9.97. The highest BCUT2D eigenvalue weighted by atomic mass is 32.1. The molecule has 1 aromatic carbocycles. The van der Waals surface area contributed by atoms with Crippen molar-refractivity contribution in [2.24, 2.45) is 0 Å². The van der Waals surface area contributed by atoms with Crippen molar-refractivity contribution < 1.29 is 9.84 Å². The number of aryl methyl sites for hydroxylation is 2. The van der Waals surface area contributed by atoms with Crippen LogP contribution in [0.25, 0.3) is 10.2 Å². The molecule has 1 aliphatic carbocycles. The molecule has 0 aliphatic heterocycles. The van der Waals surface area contributed by atoms with Gasteiger partial charge in [0.25, 0.3) is 5.56 Å². The van der Waals surface area contributed by atoms with E-state index in [0.29, 0.717) is 38.5 Å². The summed E-state index contributed by atoms with van der Waals surface area (Å²) in [5.74, 6) is 0.644. The maximum Gasteiger partial charge on any atom is 0.259 e. The molecule has 6 nitrogen and oxygen atoms in total. The van der Waals surface area contributed by atoms with E-state index in [0.717, 1.165) is 35.0 Å². The Morgan fingerprint density at radius 1 is 1.31 bits per heavy atom. The molecule has 1 atom stereocenters. The highest BCUT2D eigenvalue weighted by Crippen LogP contribution is 2.34. The maximum atomic E-state index is 12.7. The zero-order valence-electron chi connectivity index (χ0n) is 16.7. The van der Waals surface area contributed by atoms with Gasteiger partial charge in [0.05, 0.1) is 24.6 Å². The number of hydrogen-bond acceptors (Lipinski definition) is 6. The Labute approximate surface area is 174 Å². The van der Waals surface area contributed by atoms with Crippen molar-refractivity contribution in [2.45, 2.75) is 38.3 Å².